The average Bonchev–Trinajstić information content (AvgIpc) is 3.09. The third-order valence-corrected chi connectivity index (χ3v) is 4.83. The molecule has 0 aromatic rings. The van der Waals surface area contributed by atoms with E-state index in [4.69, 9.17) is 15.2 Å². The zero-order valence-electron chi connectivity index (χ0n) is 15.4. The van der Waals surface area contributed by atoms with Gasteiger partial charge in [-0.25, -0.2) is 9.79 Å². The van der Waals surface area contributed by atoms with Crippen LogP contribution in [0.2, 0.25) is 0 Å². The summed E-state index contributed by atoms with van der Waals surface area (Å²) in [4.78, 5) is 38.6. The number of carbonyl (C=O) groups excluding carboxylic acids is 3. The number of ether oxygens (including phenoxy) is 2. The molecular weight excluding hydrogens is 392 g/mol. The van der Waals surface area contributed by atoms with Gasteiger partial charge in [-0.05, 0) is 0 Å². The molecule has 0 aromatic carbocycles. The molecule has 0 aromatic heterocycles. The quantitative estimate of drug-likeness (QED) is 0.217. The van der Waals surface area contributed by atoms with Crippen molar-refractivity contribution in [2.75, 3.05) is 13.2 Å². The Kier molecular flexibility index (Phi) is 6.18. The largest absolute Gasteiger partial charge is 0.440 e. The summed E-state index contributed by atoms with van der Waals surface area (Å²) in [5.74, 6) is -0.894. The minimum absolute atomic E-state index is 0.0852. The third kappa shape index (κ3) is 4.40. The van der Waals surface area contributed by atoms with Crippen molar-refractivity contribution in [2.24, 2.45) is 10.7 Å². The van der Waals surface area contributed by atoms with Crippen LogP contribution in [0.15, 0.2) is 4.99 Å². The van der Waals surface area contributed by atoms with Gasteiger partial charge >= 0.3 is 6.09 Å². The van der Waals surface area contributed by atoms with E-state index < -0.39 is 67.4 Å². The molecule has 162 valence electrons. The van der Waals surface area contributed by atoms with Crippen molar-refractivity contribution in [1.29, 1.82) is 0 Å². The third-order valence-electron chi connectivity index (χ3n) is 4.83. The number of β-amino-alcohol motifs (C(OH)–C–C–N with tert-alkyl or cyclic N) is 1. The van der Waals surface area contributed by atoms with E-state index in [2.05, 4.69) is 20.9 Å². The molecule has 0 spiro atoms. The van der Waals surface area contributed by atoms with Gasteiger partial charge in [-0.2, -0.15) is 0 Å². The van der Waals surface area contributed by atoms with Crippen molar-refractivity contribution in [2.45, 2.75) is 55.7 Å². The minimum Gasteiger partial charge on any atom is -0.440 e. The highest BCUT2D eigenvalue weighted by molar-refractivity contribution is 5.92. The van der Waals surface area contributed by atoms with Crippen LogP contribution in [-0.2, 0) is 19.1 Å². The molecule has 2 saturated heterocycles. The van der Waals surface area contributed by atoms with Gasteiger partial charge < -0.3 is 46.5 Å². The lowest BCUT2D eigenvalue weighted by Crippen LogP contribution is -2.68. The van der Waals surface area contributed by atoms with Gasteiger partial charge in [0.1, 0.15) is 18.4 Å². The molecule has 3 heterocycles. The molecule has 14 heteroatoms. The Bertz CT molecular complexity index is 702. The summed E-state index contributed by atoms with van der Waals surface area (Å²) >= 11 is 0. The molecule has 0 bridgehead atoms. The summed E-state index contributed by atoms with van der Waals surface area (Å²) in [6, 6.07) is -2.60. The number of aliphatic imine (C=N–C) groups is 1. The summed E-state index contributed by atoms with van der Waals surface area (Å²) in [6.45, 7) is 0.572. The first kappa shape index (κ1) is 21.2. The molecule has 8 atom stereocenters. The number of imide groups is 1. The maximum absolute atomic E-state index is 11.9. The fourth-order valence-corrected chi connectivity index (χ4v) is 3.37. The molecule has 3 aliphatic rings. The van der Waals surface area contributed by atoms with Crippen LogP contribution in [-0.4, -0.2) is 101 Å². The molecule has 3 aliphatic heterocycles. The number of amides is 3. The number of nitrogens with two attached hydrogens (primary N) is 1. The lowest BCUT2D eigenvalue weighted by atomic mass is 9.96. The number of piperidine rings is 1. The van der Waals surface area contributed by atoms with Crippen LogP contribution in [0, 0.1) is 0 Å². The Labute approximate surface area is 164 Å². The van der Waals surface area contributed by atoms with Gasteiger partial charge in [-0.15, -0.1) is 0 Å². The number of fused-ring (bicyclic) bond motifs is 1. The number of hydrogen-bond donors (Lipinski definition) is 8. The first-order chi connectivity index (χ1) is 13.7. The van der Waals surface area contributed by atoms with E-state index in [1.54, 1.807) is 0 Å². The van der Waals surface area contributed by atoms with Gasteiger partial charge in [-0.1, -0.05) is 0 Å². The monoisotopic (exact) mass is 416 g/mol. The average molecular weight is 416 g/mol. The Hall–Kier alpha value is -2.52. The summed E-state index contributed by atoms with van der Waals surface area (Å²) in [6.07, 6.45) is -6.97. The van der Waals surface area contributed by atoms with Crippen LogP contribution in [0.3, 0.4) is 0 Å². The van der Waals surface area contributed by atoms with Crippen LogP contribution in [0.25, 0.3) is 0 Å². The standard InChI is InChI=1S/C15H24N6O8/c1-4(23)18-15(27)29-11-6(3-22)28-13(7(16)10(11)25)21-14-19-8-5(24)2-17-12(26)9(8)20-14/h5-11,13,22,24-25H,2-3,16H2,1H3,(H,17,26)(H,18,23,27)(H2,19,20,21)/t5-,6-,7-,8-,9+,10+,11+,13-/m1/s1. The molecule has 2 fully saturated rings. The van der Waals surface area contributed by atoms with E-state index in [0.717, 1.165) is 6.92 Å². The number of guanidine groups is 1. The lowest BCUT2D eigenvalue weighted by molar-refractivity contribution is -0.192. The number of nitrogens with one attached hydrogen (secondary N) is 4. The van der Waals surface area contributed by atoms with E-state index in [1.807, 2.05) is 5.32 Å². The van der Waals surface area contributed by atoms with Crippen LogP contribution in [0.1, 0.15) is 6.92 Å². The van der Waals surface area contributed by atoms with Gasteiger partial charge in [-0.3, -0.25) is 14.9 Å². The second kappa shape index (κ2) is 8.46. The number of aliphatic hydroxyl groups is 3. The van der Waals surface area contributed by atoms with E-state index >= 15 is 0 Å². The topological polar surface area (TPSA) is 217 Å². The van der Waals surface area contributed by atoms with Crippen molar-refractivity contribution in [3.8, 4) is 0 Å². The maximum Gasteiger partial charge on any atom is 0.414 e. The fourth-order valence-electron chi connectivity index (χ4n) is 3.37. The van der Waals surface area contributed by atoms with Crippen molar-refractivity contribution in [1.82, 2.24) is 21.3 Å². The Morgan fingerprint density at radius 1 is 1.41 bits per heavy atom. The summed E-state index contributed by atoms with van der Waals surface area (Å²) in [7, 11) is 0. The number of carbonyl (C=O) groups is 3. The molecule has 3 amide bonds. The number of aliphatic hydroxyl groups excluding tert-OH is 3. The van der Waals surface area contributed by atoms with Gasteiger partial charge in [0.2, 0.25) is 11.8 Å². The van der Waals surface area contributed by atoms with Gasteiger partial charge in [0.25, 0.3) is 0 Å². The van der Waals surface area contributed by atoms with Crippen molar-refractivity contribution < 1.29 is 39.2 Å². The predicted molar refractivity (Wildman–Crippen MR) is 94.1 cm³/mol. The first-order valence-corrected chi connectivity index (χ1v) is 8.96. The highest BCUT2D eigenvalue weighted by Crippen LogP contribution is 2.22. The lowest BCUT2D eigenvalue weighted by Gasteiger charge is -2.42. The zero-order chi connectivity index (χ0) is 21.3. The van der Waals surface area contributed by atoms with Crippen LogP contribution in [0.4, 0.5) is 4.79 Å². The smallest absolute Gasteiger partial charge is 0.414 e. The molecule has 0 saturated carbocycles. The summed E-state index contributed by atoms with van der Waals surface area (Å²) in [5, 5.41) is 40.1. The predicted octanol–water partition coefficient (Wildman–Crippen LogP) is -5.19. The second-order valence-corrected chi connectivity index (χ2v) is 6.95. The van der Waals surface area contributed by atoms with E-state index in [1.165, 1.54) is 0 Å². The molecule has 9 N–H and O–H groups in total. The molecular formula is C15H24N6O8. The number of nitrogens with zero attached hydrogens (tertiary/aromatic N) is 1. The van der Waals surface area contributed by atoms with E-state index in [0.29, 0.717) is 0 Å². The fraction of sp³-hybridized carbons (Fsp3) is 0.733. The summed E-state index contributed by atoms with van der Waals surface area (Å²) in [5.41, 5.74) is 5.98. The van der Waals surface area contributed by atoms with Gasteiger partial charge in [0.15, 0.2) is 18.1 Å². The number of rotatable bonds is 3. The molecule has 0 radical (unpaired) electrons. The normalized spacial score (nSPS) is 38.8. The van der Waals surface area contributed by atoms with Crippen LogP contribution < -0.4 is 27.0 Å². The highest BCUT2D eigenvalue weighted by Gasteiger charge is 2.48. The molecule has 29 heavy (non-hydrogen) atoms. The zero-order valence-corrected chi connectivity index (χ0v) is 15.4. The number of hydrogen-bond acceptors (Lipinski definition) is 12. The second-order valence-electron chi connectivity index (χ2n) is 6.95. The van der Waals surface area contributed by atoms with E-state index in [9.17, 15) is 29.7 Å². The number of alkyl carbamates (subject to hydrolysis) is 1. The molecule has 0 unspecified atom stereocenters. The first-order valence-electron chi connectivity index (χ1n) is 8.96. The minimum atomic E-state index is -1.45. The van der Waals surface area contributed by atoms with Crippen molar-refractivity contribution in [3.63, 3.8) is 0 Å². The highest BCUT2D eigenvalue weighted by atomic mass is 16.6. The van der Waals surface area contributed by atoms with Crippen LogP contribution in [0.5, 0.6) is 0 Å². The van der Waals surface area contributed by atoms with Gasteiger partial charge in [0, 0.05) is 13.5 Å². The Morgan fingerprint density at radius 2 is 2.14 bits per heavy atom. The molecule has 14 nitrogen and oxygen atoms in total. The van der Waals surface area contributed by atoms with Crippen LogP contribution >= 0.6 is 0 Å². The Morgan fingerprint density at radius 3 is 2.76 bits per heavy atom. The molecule has 3 rings (SSSR count). The molecule has 0 aliphatic carbocycles. The van der Waals surface area contributed by atoms with Gasteiger partial charge in [0.05, 0.1) is 24.8 Å². The van der Waals surface area contributed by atoms with Crippen molar-refractivity contribution in [3.05, 3.63) is 0 Å². The van der Waals surface area contributed by atoms with E-state index in [-0.39, 0.29) is 18.4 Å². The van der Waals surface area contributed by atoms with Crippen molar-refractivity contribution >= 4 is 23.9 Å². The SMILES string of the molecule is CC(=O)NC(=O)O[C@@H]1[C@@H](O)[C@@H](N)[C@H](NC2=N[C@@H]3C(=O)NC[C@@H](O)[C@H]3N2)O[C@@H]1CO. The summed E-state index contributed by atoms with van der Waals surface area (Å²) < 4.78 is 10.6. The maximum atomic E-state index is 11.9. The Balaban J connectivity index is 1.66.